The standard InChI is InChI=1S/C27H30Cl2N4O3S/c1-27(34-2)12-21-24(30-17-31-26(21)32-19-4-5-22(28)23(29)10-19)11-25(27)36-15-20-14-33(7-3-8-35-20)13-18-6-9-37-16-18/h4-6,9-11,16-17,20H,3,7-8,12-15H2,1-2H3,(H,30,31,32). The number of nitrogens with zero attached hydrogens (tertiary/aromatic N) is 3. The average molecular weight is 562 g/mol. The van der Waals surface area contributed by atoms with Crippen LogP contribution in [0.2, 0.25) is 10.0 Å². The van der Waals surface area contributed by atoms with Gasteiger partial charge in [-0.2, -0.15) is 11.3 Å². The van der Waals surface area contributed by atoms with Gasteiger partial charge in [0.2, 0.25) is 0 Å². The van der Waals surface area contributed by atoms with Crippen LogP contribution < -0.4 is 5.32 Å². The van der Waals surface area contributed by atoms with Crippen molar-refractivity contribution in [2.45, 2.75) is 38.0 Å². The molecule has 0 amide bonds. The van der Waals surface area contributed by atoms with E-state index >= 15 is 0 Å². The Kier molecular flexibility index (Phi) is 8.34. The topological polar surface area (TPSA) is 68.7 Å². The summed E-state index contributed by atoms with van der Waals surface area (Å²) in [5.74, 6) is 1.43. The Labute approximate surface area is 231 Å². The lowest BCUT2D eigenvalue weighted by atomic mass is 9.87. The fourth-order valence-electron chi connectivity index (χ4n) is 4.65. The van der Waals surface area contributed by atoms with Crippen molar-refractivity contribution in [2.24, 2.45) is 0 Å². The van der Waals surface area contributed by atoms with Gasteiger partial charge in [0.15, 0.2) is 0 Å². The molecular formula is C27H30Cl2N4O3S. The number of methoxy groups -OCH3 is 1. The molecule has 5 rings (SSSR count). The first-order chi connectivity index (χ1) is 17.9. The summed E-state index contributed by atoms with van der Waals surface area (Å²) in [6, 6.07) is 7.57. The van der Waals surface area contributed by atoms with Crippen molar-refractivity contribution in [1.82, 2.24) is 14.9 Å². The predicted molar refractivity (Wildman–Crippen MR) is 149 cm³/mol. The van der Waals surface area contributed by atoms with Gasteiger partial charge in [-0.1, -0.05) is 23.2 Å². The number of ether oxygens (including phenoxy) is 3. The molecule has 7 nitrogen and oxygen atoms in total. The lowest BCUT2D eigenvalue weighted by Gasteiger charge is -2.35. The molecule has 3 heterocycles. The molecule has 0 bridgehead atoms. The summed E-state index contributed by atoms with van der Waals surface area (Å²) in [6.45, 7) is 5.97. The molecule has 1 aromatic carbocycles. The zero-order chi connectivity index (χ0) is 25.8. The first-order valence-electron chi connectivity index (χ1n) is 12.2. The van der Waals surface area contributed by atoms with E-state index in [9.17, 15) is 0 Å². The SMILES string of the molecule is COC1(C)Cc2c(ncnc2Nc2ccc(Cl)c(Cl)c2)C=C1OCC1CN(Cc2ccsc2)CCCO1. The fourth-order valence-corrected chi connectivity index (χ4v) is 5.61. The average Bonchev–Trinajstić information content (AvgIpc) is 3.30. The maximum absolute atomic E-state index is 6.39. The van der Waals surface area contributed by atoms with Crippen molar-refractivity contribution in [1.29, 1.82) is 0 Å². The van der Waals surface area contributed by atoms with Gasteiger partial charge in [0.1, 0.15) is 36.2 Å². The van der Waals surface area contributed by atoms with Gasteiger partial charge < -0.3 is 19.5 Å². The highest BCUT2D eigenvalue weighted by molar-refractivity contribution is 7.07. The number of fused-ring (bicyclic) bond motifs is 1. The van der Waals surface area contributed by atoms with E-state index in [4.69, 9.17) is 37.4 Å². The summed E-state index contributed by atoms with van der Waals surface area (Å²) in [4.78, 5) is 11.4. The number of halogens is 2. The number of aromatic nitrogens is 2. The number of rotatable bonds is 8. The van der Waals surface area contributed by atoms with Crippen molar-refractivity contribution in [3.05, 3.63) is 74.0 Å². The highest BCUT2D eigenvalue weighted by Gasteiger charge is 2.38. The van der Waals surface area contributed by atoms with Crippen LogP contribution in [0.4, 0.5) is 11.5 Å². The molecule has 1 aliphatic carbocycles. The highest BCUT2D eigenvalue weighted by Crippen LogP contribution is 2.37. The Morgan fingerprint density at radius 1 is 1.24 bits per heavy atom. The molecule has 0 saturated carbocycles. The monoisotopic (exact) mass is 560 g/mol. The number of anilines is 2. The van der Waals surface area contributed by atoms with Crippen LogP contribution in [0.1, 0.15) is 30.2 Å². The van der Waals surface area contributed by atoms with Crippen LogP contribution in [0.3, 0.4) is 0 Å². The molecule has 1 N–H and O–H groups in total. The molecular weight excluding hydrogens is 531 g/mol. The molecule has 3 aromatic rings. The van der Waals surface area contributed by atoms with Gasteiger partial charge in [-0.15, -0.1) is 0 Å². The summed E-state index contributed by atoms with van der Waals surface area (Å²) < 4.78 is 18.5. The van der Waals surface area contributed by atoms with E-state index in [0.29, 0.717) is 28.9 Å². The molecule has 0 radical (unpaired) electrons. The Bertz CT molecular complexity index is 1260. The summed E-state index contributed by atoms with van der Waals surface area (Å²) >= 11 is 14.0. The van der Waals surface area contributed by atoms with E-state index < -0.39 is 5.60 Å². The zero-order valence-electron chi connectivity index (χ0n) is 20.9. The van der Waals surface area contributed by atoms with Gasteiger partial charge in [0.25, 0.3) is 0 Å². The third kappa shape index (κ3) is 6.28. The lowest BCUT2D eigenvalue weighted by molar-refractivity contribution is -0.0455. The Morgan fingerprint density at radius 3 is 2.92 bits per heavy atom. The van der Waals surface area contributed by atoms with E-state index in [2.05, 4.69) is 37.0 Å². The van der Waals surface area contributed by atoms with E-state index in [-0.39, 0.29) is 6.10 Å². The van der Waals surface area contributed by atoms with E-state index in [0.717, 1.165) is 55.4 Å². The van der Waals surface area contributed by atoms with Gasteiger partial charge >= 0.3 is 0 Å². The van der Waals surface area contributed by atoms with Gasteiger partial charge in [-0.25, -0.2) is 9.97 Å². The van der Waals surface area contributed by atoms with E-state index in [1.54, 1.807) is 36.9 Å². The normalized spacial score (nSPS) is 22.2. The first kappa shape index (κ1) is 26.4. The summed E-state index contributed by atoms with van der Waals surface area (Å²) in [6.07, 6.45) is 5.02. The highest BCUT2D eigenvalue weighted by atomic mass is 35.5. The second-order valence-corrected chi connectivity index (χ2v) is 11.1. The van der Waals surface area contributed by atoms with Crippen LogP contribution in [0.5, 0.6) is 0 Å². The Morgan fingerprint density at radius 2 is 2.14 bits per heavy atom. The molecule has 2 aliphatic rings. The number of nitrogens with one attached hydrogen (secondary N) is 1. The van der Waals surface area contributed by atoms with Crippen LogP contribution in [0, 0.1) is 0 Å². The van der Waals surface area contributed by atoms with E-state index in [1.165, 1.54) is 5.56 Å². The third-order valence-electron chi connectivity index (χ3n) is 6.76. The third-order valence-corrected chi connectivity index (χ3v) is 8.23. The van der Waals surface area contributed by atoms with Crippen LogP contribution >= 0.6 is 34.5 Å². The van der Waals surface area contributed by atoms with Crippen molar-refractivity contribution < 1.29 is 14.2 Å². The smallest absolute Gasteiger partial charge is 0.137 e. The quantitative estimate of drug-likeness (QED) is 0.351. The van der Waals surface area contributed by atoms with Crippen LogP contribution in [0.15, 0.2) is 47.1 Å². The predicted octanol–water partition coefficient (Wildman–Crippen LogP) is 6.20. The number of thiophene rings is 1. The fraction of sp³-hybridized carbons (Fsp3) is 0.407. The minimum atomic E-state index is -0.674. The molecule has 1 fully saturated rings. The number of hydrogen-bond acceptors (Lipinski definition) is 8. The van der Waals surface area contributed by atoms with E-state index in [1.807, 2.05) is 19.1 Å². The molecule has 2 unspecified atom stereocenters. The van der Waals surface area contributed by atoms with Crippen LogP contribution in [-0.4, -0.2) is 60.0 Å². The molecule has 0 spiro atoms. The Hall–Kier alpha value is -2.20. The zero-order valence-corrected chi connectivity index (χ0v) is 23.2. The van der Waals surface area contributed by atoms with Crippen LogP contribution in [0.25, 0.3) is 6.08 Å². The van der Waals surface area contributed by atoms with Crippen molar-refractivity contribution in [2.75, 3.05) is 38.7 Å². The second-order valence-electron chi connectivity index (χ2n) is 9.48. The van der Waals surface area contributed by atoms with Crippen molar-refractivity contribution in [3.63, 3.8) is 0 Å². The molecule has 10 heteroatoms. The summed E-state index contributed by atoms with van der Waals surface area (Å²) in [5, 5.41) is 8.65. The first-order valence-corrected chi connectivity index (χ1v) is 13.9. The second kappa shape index (κ2) is 11.7. The molecule has 196 valence electrons. The lowest BCUT2D eigenvalue weighted by Crippen LogP contribution is -2.39. The minimum absolute atomic E-state index is 0.0261. The maximum Gasteiger partial charge on any atom is 0.137 e. The van der Waals surface area contributed by atoms with Gasteiger partial charge in [0, 0.05) is 57.1 Å². The van der Waals surface area contributed by atoms with Crippen LogP contribution in [-0.2, 0) is 27.2 Å². The maximum atomic E-state index is 6.39. The largest absolute Gasteiger partial charge is 0.492 e. The summed E-state index contributed by atoms with van der Waals surface area (Å²) in [5.41, 5.74) is 3.20. The van der Waals surface area contributed by atoms with Crippen molar-refractivity contribution in [3.8, 4) is 0 Å². The summed E-state index contributed by atoms with van der Waals surface area (Å²) in [7, 11) is 1.70. The minimum Gasteiger partial charge on any atom is -0.492 e. The molecule has 1 saturated heterocycles. The van der Waals surface area contributed by atoms with Gasteiger partial charge in [0.05, 0.1) is 15.7 Å². The Balaban J connectivity index is 1.31. The van der Waals surface area contributed by atoms with Crippen molar-refractivity contribution >= 4 is 52.1 Å². The number of benzene rings is 1. The van der Waals surface area contributed by atoms with Gasteiger partial charge in [-0.05, 0) is 53.9 Å². The molecule has 2 aromatic heterocycles. The number of hydrogen-bond donors (Lipinski definition) is 1. The molecule has 2 atom stereocenters. The molecule has 1 aliphatic heterocycles. The molecule has 37 heavy (non-hydrogen) atoms. The van der Waals surface area contributed by atoms with Gasteiger partial charge in [-0.3, -0.25) is 4.90 Å².